The van der Waals surface area contributed by atoms with Crippen LogP contribution in [0.3, 0.4) is 0 Å². The Morgan fingerprint density at radius 1 is 1.31 bits per heavy atom. The molecule has 0 aromatic rings. The van der Waals surface area contributed by atoms with Crippen LogP contribution < -0.4 is 0 Å². The number of ether oxygens (including phenoxy) is 1. The summed E-state index contributed by atoms with van der Waals surface area (Å²) >= 11 is 0. The fraction of sp³-hybridized carbons (Fsp3) is 0.769. The SMILES string of the molecule is C=CC(C)(C)CCN(C)C(=O)OC(C)(C)C. The van der Waals surface area contributed by atoms with Gasteiger partial charge in [-0.2, -0.15) is 0 Å². The van der Waals surface area contributed by atoms with Crippen LogP contribution in [-0.4, -0.2) is 30.2 Å². The highest BCUT2D eigenvalue weighted by molar-refractivity contribution is 5.67. The third-order valence-electron chi connectivity index (χ3n) is 2.35. The van der Waals surface area contributed by atoms with Crippen molar-refractivity contribution in [3.05, 3.63) is 12.7 Å². The Morgan fingerprint density at radius 2 is 1.81 bits per heavy atom. The van der Waals surface area contributed by atoms with E-state index in [0.29, 0.717) is 6.54 Å². The highest BCUT2D eigenvalue weighted by Gasteiger charge is 2.21. The number of allylic oxidation sites excluding steroid dienone is 1. The van der Waals surface area contributed by atoms with Gasteiger partial charge in [-0.25, -0.2) is 4.79 Å². The van der Waals surface area contributed by atoms with Crippen LogP contribution in [-0.2, 0) is 4.74 Å². The molecule has 0 aliphatic rings. The summed E-state index contributed by atoms with van der Waals surface area (Å²) in [5.74, 6) is 0. The van der Waals surface area contributed by atoms with E-state index < -0.39 is 5.60 Å². The number of hydrogen-bond acceptors (Lipinski definition) is 2. The Kier molecular flexibility index (Phi) is 5.04. The van der Waals surface area contributed by atoms with Gasteiger partial charge in [0.05, 0.1) is 0 Å². The van der Waals surface area contributed by atoms with Gasteiger partial charge >= 0.3 is 6.09 Å². The van der Waals surface area contributed by atoms with E-state index in [1.165, 1.54) is 0 Å². The van der Waals surface area contributed by atoms with E-state index in [1.54, 1.807) is 11.9 Å². The minimum absolute atomic E-state index is 0.0519. The van der Waals surface area contributed by atoms with Crippen molar-refractivity contribution in [3.63, 3.8) is 0 Å². The zero-order valence-electron chi connectivity index (χ0n) is 11.5. The van der Waals surface area contributed by atoms with Crippen molar-refractivity contribution in [2.24, 2.45) is 5.41 Å². The average molecular weight is 227 g/mol. The molecule has 3 nitrogen and oxygen atoms in total. The Bertz CT molecular complexity index is 251. The van der Waals surface area contributed by atoms with Crippen molar-refractivity contribution in [1.29, 1.82) is 0 Å². The fourth-order valence-corrected chi connectivity index (χ4v) is 0.989. The van der Waals surface area contributed by atoms with Crippen molar-refractivity contribution in [3.8, 4) is 0 Å². The first kappa shape index (κ1) is 15.0. The van der Waals surface area contributed by atoms with Gasteiger partial charge < -0.3 is 9.64 Å². The third kappa shape index (κ3) is 6.49. The molecule has 16 heavy (non-hydrogen) atoms. The molecule has 1 amide bonds. The lowest BCUT2D eigenvalue weighted by Crippen LogP contribution is -2.35. The van der Waals surface area contributed by atoms with Crippen LogP contribution in [0.15, 0.2) is 12.7 Å². The van der Waals surface area contributed by atoms with Crippen LogP contribution in [0.5, 0.6) is 0 Å². The smallest absolute Gasteiger partial charge is 0.410 e. The predicted octanol–water partition coefficient (Wildman–Crippen LogP) is 3.46. The Labute approximate surface area is 99.5 Å². The van der Waals surface area contributed by atoms with Gasteiger partial charge in [0.2, 0.25) is 0 Å². The minimum atomic E-state index is -0.431. The van der Waals surface area contributed by atoms with E-state index >= 15 is 0 Å². The van der Waals surface area contributed by atoms with Crippen LogP contribution in [0.2, 0.25) is 0 Å². The number of carbonyl (C=O) groups excluding carboxylic acids is 1. The third-order valence-corrected chi connectivity index (χ3v) is 2.35. The topological polar surface area (TPSA) is 29.5 Å². The molecule has 0 aromatic heterocycles. The lowest BCUT2D eigenvalue weighted by Gasteiger charge is -2.27. The van der Waals surface area contributed by atoms with E-state index in [2.05, 4.69) is 20.4 Å². The lowest BCUT2D eigenvalue weighted by atomic mass is 9.90. The van der Waals surface area contributed by atoms with E-state index in [1.807, 2.05) is 26.8 Å². The molecule has 0 radical (unpaired) electrons. The first-order valence-electron chi connectivity index (χ1n) is 5.65. The van der Waals surface area contributed by atoms with Gasteiger partial charge in [0.1, 0.15) is 5.60 Å². The van der Waals surface area contributed by atoms with Crippen LogP contribution in [0.1, 0.15) is 41.0 Å². The van der Waals surface area contributed by atoms with Gasteiger partial charge in [-0.1, -0.05) is 19.9 Å². The highest BCUT2D eigenvalue weighted by Crippen LogP contribution is 2.21. The van der Waals surface area contributed by atoms with Crippen LogP contribution >= 0.6 is 0 Å². The molecule has 0 N–H and O–H groups in total. The van der Waals surface area contributed by atoms with Gasteiger partial charge in [0.15, 0.2) is 0 Å². The zero-order valence-corrected chi connectivity index (χ0v) is 11.5. The first-order valence-corrected chi connectivity index (χ1v) is 5.65. The van der Waals surface area contributed by atoms with E-state index in [4.69, 9.17) is 4.74 Å². The second kappa shape index (κ2) is 5.37. The van der Waals surface area contributed by atoms with E-state index in [-0.39, 0.29) is 11.5 Å². The first-order chi connectivity index (χ1) is 7.07. The van der Waals surface area contributed by atoms with Gasteiger partial charge in [-0.15, -0.1) is 6.58 Å². The predicted molar refractivity (Wildman–Crippen MR) is 67.5 cm³/mol. The van der Waals surface area contributed by atoms with Crippen LogP contribution in [0.4, 0.5) is 4.79 Å². The molecular weight excluding hydrogens is 202 g/mol. The molecule has 0 rings (SSSR count). The molecule has 94 valence electrons. The average Bonchev–Trinajstić information content (AvgIpc) is 2.11. The number of carbonyl (C=O) groups is 1. The van der Waals surface area contributed by atoms with Crippen molar-refractivity contribution < 1.29 is 9.53 Å². The van der Waals surface area contributed by atoms with Gasteiger partial charge in [0, 0.05) is 13.6 Å². The van der Waals surface area contributed by atoms with Crippen molar-refractivity contribution in [2.75, 3.05) is 13.6 Å². The summed E-state index contributed by atoms with van der Waals surface area (Å²) in [7, 11) is 1.76. The molecule has 0 saturated heterocycles. The standard InChI is InChI=1S/C13H25NO2/c1-8-13(5,6)9-10-14(7)11(15)16-12(2,3)4/h8H,1,9-10H2,2-7H3. The largest absolute Gasteiger partial charge is 0.444 e. The molecule has 0 fully saturated rings. The number of amides is 1. The molecule has 3 heteroatoms. The molecule has 0 aromatic carbocycles. The fourth-order valence-electron chi connectivity index (χ4n) is 0.989. The lowest BCUT2D eigenvalue weighted by molar-refractivity contribution is 0.0287. The molecule has 0 spiro atoms. The van der Waals surface area contributed by atoms with E-state index in [9.17, 15) is 4.79 Å². The van der Waals surface area contributed by atoms with Crippen molar-refractivity contribution in [2.45, 2.75) is 46.6 Å². The number of hydrogen-bond donors (Lipinski definition) is 0. The second-order valence-corrected chi connectivity index (χ2v) is 5.84. The Hall–Kier alpha value is -0.990. The summed E-state index contributed by atoms with van der Waals surface area (Å²) in [6.45, 7) is 14.3. The summed E-state index contributed by atoms with van der Waals surface area (Å²) in [6, 6.07) is 0. The monoisotopic (exact) mass is 227 g/mol. The van der Waals surface area contributed by atoms with Crippen LogP contribution in [0, 0.1) is 5.41 Å². The molecule has 0 aliphatic carbocycles. The molecule has 0 bridgehead atoms. The number of nitrogens with zero attached hydrogens (tertiary/aromatic N) is 1. The molecule has 0 heterocycles. The van der Waals surface area contributed by atoms with Crippen LogP contribution in [0.25, 0.3) is 0 Å². The summed E-state index contributed by atoms with van der Waals surface area (Å²) in [6.07, 6.45) is 2.52. The Balaban J connectivity index is 4.12. The maximum absolute atomic E-state index is 11.6. The minimum Gasteiger partial charge on any atom is -0.444 e. The molecule has 0 saturated carbocycles. The van der Waals surface area contributed by atoms with Crippen molar-refractivity contribution in [1.82, 2.24) is 4.90 Å². The maximum Gasteiger partial charge on any atom is 0.410 e. The van der Waals surface area contributed by atoms with Gasteiger partial charge in [0.25, 0.3) is 0 Å². The molecular formula is C13H25NO2. The molecule has 0 atom stereocenters. The summed E-state index contributed by atoms with van der Waals surface area (Å²) in [4.78, 5) is 13.2. The quantitative estimate of drug-likeness (QED) is 0.688. The zero-order chi connectivity index (χ0) is 13.0. The van der Waals surface area contributed by atoms with Crippen molar-refractivity contribution >= 4 is 6.09 Å². The summed E-state index contributed by atoms with van der Waals surface area (Å²) in [5.41, 5.74) is -0.379. The Morgan fingerprint density at radius 3 is 2.19 bits per heavy atom. The van der Waals surface area contributed by atoms with Gasteiger partial charge in [-0.3, -0.25) is 0 Å². The highest BCUT2D eigenvalue weighted by atomic mass is 16.6. The second-order valence-electron chi connectivity index (χ2n) is 5.84. The van der Waals surface area contributed by atoms with E-state index in [0.717, 1.165) is 6.42 Å². The molecule has 0 unspecified atom stereocenters. The number of rotatable bonds is 4. The normalized spacial score (nSPS) is 12.1. The maximum atomic E-state index is 11.6. The molecule has 0 aliphatic heterocycles. The summed E-state index contributed by atoms with van der Waals surface area (Å²) < 4.78 is 5.26. The van der Waals surface area contributed by atoms with Gasteiger partial charge in [-0.05, 0) is 32.6 Å². The summed E-state index contributed by atoms with van der Waals surface area (Å²) in [5, 5.41) is 0.